The highest BCUT2D eigenvalue weighted by Crippen LogP contribution is 2.52. The Hall–Kier alpha value is -1.86. The quantitative estimate of drug-likeness (QED) is 0.327. The maximum atomic E-state index is 14.3. The van der Waals surface area contributed by atoms with Gasteiger partial charge in [0.2, 0.25) is 15.9 Å². The summed E-state index contributed by atoms with van der Waals surface area (Å²) in [7, 11) is -3.66. The van der Waals surface area contributed by atoms with Gasteiger partial charge in [-0.25, -0.2) is 13.6 Å². The number of hydrogen-bond donors (Lipinski definition) is 1. The summed E-state index contributed by atoms with van der Waals surface area (Å²) in [4.78, 5) is 16.3. The monoisotopic (exact) mass is 550 g/mol. The van der Waals surface area contributed by atoms with Crippen LogP contribution in [0.1, 0.15) is 76.0 Å². The Labute approximate surface area is 225 Å². The highest BCUT2D eigenvalue weighted by atomic mass is 35.5. The number of benzene rings is 2. The number of primary sulfonamides is 1. The van der Waals surface area contributed by atoms with Gasteiger partial charge >= 0.3 is 0 Å². The summed E-state index contributed by atoms with van der Waals surface area (Å²) in [5.41, 5.74) is 1.38. The van der Waals surface area contributed by atoms with Crippen molar-refractivity contribution < 1.29 is 13.2 Å². The summed E-state index contributed by atoms with van der Waals surface area (Å²) < 4.78 is 23.8. The van der Waals surface area contributed by atoms with Gasteiger partial charge in [0.15, 0.2) is 0 Å². The maximum absolute atomic E-state index is 14.3. The van der Waals surface area contributed by atoms with E-state index in [9.17, 15) is 13.2 Å². The fourth-order valence-electron chi connectivity index (χ4n) is 5.42. The van der Waals surface area contributed by atoms with Crippen LogP contribution in [0.25, 0.3) is 0 Å². The van der Waals surface area contributed by atoms with Gasteiger partial charge in [0.05, 0.1) is 16.7 Å². The zero-order valence-corrected chi connectivity index (χ0v) is 23.5. The molecule has 2 aromatic rings. The molecule has 1 saturated heterocycles. The summed E-state index contributed by atoms with van der Waals surface area (Å²) in [5.74, 6) is 0.0213. The molecule has 2 N–H and O–H groups in total. The Morgan fingerprint density at radius 2 is 1.81 bits per heavy atom. The summed E-state index contributed by atoms with van der Waals surface area (Å²) in [6, 6.07) is 15.0. The predicted molar refractivity (Wildman–Crippen MR) is 149 cm³/mol. The van der Waals surface area contributed by atoms with Gasteiger partial charge in [-0.2, -0.15) is 0 Å². The van der Waals surface area contributed by atoms with Gasteiger partial charge in [-0.1, -0.05) is 67.4 Å². The van der Waals surface area contributed by atoms with Gasteiger partial charge in [0, 0.05) is 22.0 Å². The third-order valence-electron chi connectivity index (χ3n) is 7.52. The van der Waals surface area contributed by atoms with Gasteiger partial charge < -0.3 is 4.90 Å². The zero-order chi connectivity index (χ0) is 26.7. The number of piperidine rings is 1. The molecule has 1 amide bonds. The first-order valence-corrected chi connectivity index (χ1v) is 14.7. The average Bonchev–Trinajstić information content (AvgIpc) is 2.82. The molecule has 1 heterocycles. The summed E-state index contributed by atoms with van der Waals surface area (Å²) in [6.45, 7) is 9.57. The Morgan fingerprint density at radius 1 is 1.14 bits per heavy atom. The van der Waals surface area contributed by atoms with E-state index in [4.69, 9.17) is 28.3 Å². The number of amides is 1. The first-order valence-electron chi connectivity index (χ1n) is 12.4. The van der Waals surface area contributed by atoms with Gasteiger partial charge in [0.25, 0.3) is 0 Å². The van der Waals surface area contributed by atoms with Crippen LogP contribution in [0.15, 0.2) is 61.2 Å². The zero-order valence-electron chi connectivity index (χ0n) is 21.2. The molecule has 0 aliphatic carbocycles. The Balaban J connectivity index is 2.16. The van der Waals surface area contributed by atoms with Crippen molar-refractivity contribution in [3.8, 4) is 0 Å². The molecule has 0 radical (unpaired) electrons. The average molecular weight is 552 g/mol. The second-order valence-corrected chi connectivity index (χ2v) is 13.0. The molecular weight excluding hydrogens is 515 g/mol. The fraction of sp³-hybridized carbons (Fsp3) is 0.464. The third-order valence-corrected chi connectivity index (χ3v) is 9.36. The smallest absolute Gasteiger partial charge is 0.229 e. The lowest BCUT2D eigenvalue weighted by Crippen LogP contribution is -2.55. The summed E-state index contributed by atoms with van der Waals surface area (Å²) in [5, 5.41) is 5.97. The van der Waals surface area contributed by atoms with Crippen molar-refractivity contribution in [2.24, 2.45) is 10.6 Å². The number of rotatable bonds is 10. The Kier molecular flexibility index (Phi) is 9.31. The lowest BCUT2D eigenvalue weighted by molar-refractivity contribution is -0.154. The molecule has 36 heavy (non-hydrogen) atoms. The molecular formula is C28H36Cl2N2O3S. The van der Waals surface area contributed by atoms with Crippen molar-refractivity contribution in [2.45, 2.75) is 76.1 Å². The second-order valence-electron chi connectivity index (χ2n) is 10.2. The van der Waals surface area contributed by atoms with Crippen molar-refractivity contribution in [1.82, 2.24) is 4.90 Å². The van der Waals surface area contributed by atoms with Gasteiger partial charge in [-0.15, -0.1) is 6.58 Å². The van der Waals surface area contributed by atoms with Crippen molar-refractivity contribution in [3.63, 3.8) is 0 Å². The van der Waals surface area contributed by atoms with E-state index in [0.29, 0.717) is 42.1 Å². The van der Waals surface area contributed by atoms with Crippen LogP contribution in [-0.2, 0) is 14.8 Å². The van der Waals surface area contributed by atoms with Gasteiger partial charge in [-0.3, -0.25) is 4.79 Å². The van der Waals surface area contributed by atoms with Crippen molar-refractivity contribution >= 4 is 39.1 Å². The van der Waals surface area contributed by atoms with Crippen LogP contribution in [0.4, 0.5) is 0 Å². The van der Waals surface area contributed by atoms with E-state index in [1.165, 1.54) is 0 Å². The normalized spacial score (nSPS) is 24.4. The van der Waals surface area contributed by atoms with E-state index in [2.05, 4.69) is 12.6 Å². The number of allylic oxidation sites excluding steroid dienone is 1. The van der Waals surface area contributed by atoms with Crippen LogP contribution in [0.2, 0.25) is 10.0 Å². The molecule has 5 atom stereocenters. The molecule has 196 valence electrons. The fourth-order valence-corrected chi connectivity index (χ4v) is 6.21. The topological polar surface area (TPSA) is 80.5 Å². The van der Waals surface area contributed by atoms with E-state index in [-0.39, 0.29) is 23.9 Å². The third kappa shape index (κ3) is 6.34. The first-order chi connectivity index (χ1) is 16.9. The molecule has 1 unspecified atom stereocenters. The number of halogens is 2. The van der Waals surface area contributed by atoms with Gasteiger partial charge in [0.1, 0.15) is 0 Å². The van der Waals surface area contributed by atoms with E-state index in [1.54, 1.807) is 13.0 Å². The van der Waals surface area contributed by atoms with Crippen LogP contribution < -0.4 is 5.14 Å². The van der Waals surface area contributed by atoms with Crippen LogP contribution in [0.3, 0.4) is 0 Å². The van der Waals surface area contributed by atoms with Gasteiger partial charge in [-0.05, 0) is 74.4 Å². The maximum Gasteiger partial charge on any atom is 0.229 e. The molecule has 1 aliphatic heterocycles. The Morgan fingerprint density at radius 3 is 2.36 bits per heavy atom. The highest BCUT2D eigenvalue weighted by molar-refractivity contribution is 7.89. The first kappa shape index (κ1) is 28.7. The lowest BCUT2D eigenvalue weighted by Gasteiger charge is -2.52. The minimum atomic E-state index is -3.66. The standard InChI is InChI=1S/C28H36Cl2N2O3S/c1-5-16-28(4)18-25(21-8-7-9-23(30)17-21)26(20-11-13-22(29)14-12-20)32(27(28)33)24(6-2)15-10-19(3)36(31,34)35/h5,7-9,11-14,17,19,24-26H,1,6,10,15-16,18H2,2-4H3,(H2,31,34,35)/t19?,24-,25+,26+,28-/m0/s1. The number of carbonyl (C=O) groups is 1. The molecule has 1 fully saturated rings. The van der Waals surface area contributed by atoms with E-state index in [1.807, 2.05) is 61.2 Å². The number of sulfonamides is 1. The number of carbonyl (C=O) groups excluding carboxylic acids is 1. The summed E-state index contributed by atoms with van der Waals surface area (Å²) in [6.07, 6.45) is 4.55. The molecule has 5 nitrogen and oxygen atoms in total. The Bertz CT molecular complexity index is 1190. The highest BCUT2D eigenvalue weighted by Gasteiger charge is 2.50. The molecule has 3 rings (SSSR count). The van der Waals surface area contributed by atoms with Crippen LogP contribution in [-0.4, -0.2) is 30.5 Å². The number of likely N-dealkylation sites (tertiary alicyclic amines) is 1. The molecule has 0 saturated carbocycles. The molecule has 0 spiro atoms. The van der Waals surface area contributed by atoms with Crippen molar-refractivity contribution in [1.29, 1.82) is 0 Å². The number of hydrogen-bond acceptors (Lipinski definition) is 3. The molecule has 0 bridgehead atoms. The van der Waals surface area contributed by atoms with E-state index >= 15 is 0 Å². The van der Waals surface area contributed by atoms with Crippen LogP contribution in [0.5, 0.6) is 0 Å². The predicted octanol–water partition coefficient (Wildman–Crippen LogP) is 6.87. The lowest BCUT2D eigenvalue weighted by atomic mass is 9.67. The number of nitrogens with zero attached hydrogens (tertiary/aromatic N) is 1. The summed E-state index contributed by atoms with van der Waals surface area (Å²) >= 11 is 12.6. The minimum Gasteiger partial charge on any atom is -0.332 e. The van der Waals surface area contributed by atoms with Crippen molar-refractivity contribution in [3.05, 3.63) is 82.4 Å². The SMILES string of the molecule is C=CC[C@@]1(C)C[C@H](c2cccc(Cl)c2)[C@@H](c2ccc(Cl)cc2)N([C@@H](CC)CCC(C)S(N)(=O)=O)C1=O. The van der Waals surface area contributed by atoms with E-state index < -0.39 is 20.7 Å². The molecule has 8 heteroatoms. The largest absolute Gasteiger partial charge is 0.332 e. The minimum absolute atomic E-state index is 0.0303. The second kappa shape index (κ2) is 11.7. The molecule has 0 aromatic heterocycles. The molecule has 2 aromatic carbocycles. The molecule has 1 aliphatic rings. The van der Waals surface area contributed by atoms with E-state index in [0.717, 1.165) is 11.1 Å². The number of nitrogens with two attached hydrogens (primary N) is 1. The van der Waals surface area contributed by atoms with Crippen LogP contribution in [0, 0.1) is 5.41 Å². The van der Waals surface area contributed by atoms with Crippen LogP contribution >= 0.6 is 23.2 Å². The van der Waals surface area contributed by atoms with Crippen molar-refractivity contribution in [2.75, 3.05) is 0 Å².